The number of carbonyl (C=O) groups excluding carboxylic acids is 2. The van der Waals surface area contributed by atoms with Gasteiger partial charge < -0.3 is 10.6 Å². The second-order valence-corrected chi connectivity index (χ2v) is 8.60. The molecule has 2 amide bonds. The van der Waals surface area contributed by atoms with Gasteiger partial charge in [-0.25, -0.2) is 0 Å². The van der Waals surface area contributed by atoms with Gasteiger partial charge >= 0.3 is 0 Å². The quantitative estimate of drug-likeness (QED) is 0.210. The first kappa shape index (κ1) is 19.6. The molecular weight excluding hydrogens is 443 g/mol. The van der Waals surface area contributed by atoms with Gasteiger partial charge in [-0.15, -0.1) is 24.0 Å². The van der Waals surface area contributed by atoms with Crippen LogP contribution in [0.25, 0.3) is 0 Å². The van der Waals surface area contributed by atoms with E-state index in [0.29, 0.717) is 24.4 Å². The Kier molecular flexibility index (Phi) is 5.38. The lowest BCUT2D eigenvalue weighted by molar-refractivity contribution is -0.140. The first-order valence-electron chi connectivity index (χ1n) is 9.40. The fourth-order valence-electron chi connectivity index (χ4n) is 4.84. The number of likely N-dealkylation sites (tertiary alicyclic amines) is 1. The van der Waals surface area contributed by atoms with Crippen molar-refractivity contribution in [2.45, 2.75) is 26.7 Å². The van der Waals surface area contributed by atoms with E-state index in [1.165, 1.54) is 11.3 Å². The number of imide groups is 1. The van der Waals surface area contributed by atoms with Crippen LogP contribution in [0.15, 0.2) is 17.1 Å². The van der Waals surface area contributed by atoms with Crippen LogP contribution in [0.1, 0.15) is 26.7 Å². The van der Waals surface area contributed by atoms with Gasteiger partial charge in [0.05, 0.1) is 11.8 Å². The summed E-state index contributed by atoms with van der Waals surface area (Å²) in [5.74, 6) is 1.84. The maximum Gasteiger partial charge on any atom is 0.233 e. The van der Waals surface area contributed by atoms with Crippen LogP contribution in [0.2, 0.25) is 0 Å². The zero-order valence-electron chi connectivity index (χ0n) is 15.7. The maximum atomic E-state index is 12.6. The molecule has 5 atom stereocenters. The SMILES string of the molecule is CN=C(NCCN1C(=O)C2C3C=CC(C3)C2C1=O)NCC1CC1(C)C.I. The largest absolute Gasteiger partial charge is 0.356 e. The molecule has 0 radical (unpaired) electrons. The van der Waals surface area contributed by atoms with Gasteiger partial charge in [-0.2, -0.15) is 0 Å². The third kappa shape index (κ3) is 3.27. The van der Waals surface area contributed by atoms with Crippen molar-refractivity contribution in [2.75, 3.05) is 26.7 Å². The molecule has 1 aliphatic heterocycles. The summed E-state index contributed by atoms with van der Waals surface area (Å²) >= 11 is 0. The van der Waals surface area contributed by atoms with Crippen molar-refractivity contribution < 1.29 is 9.59 Å². The standard InChI is InChI=1S/C19H28N4O2.HI/c1-19(2)9-13(19)10-22-18(20-3)21-6-7-23-16(24)14-11-4-5-12(8-11)15(14)17(23)25;/h4-5,11-15H,6-10H2,1-3H3,(H2,20,21,22);1H. The molecule has 4 rings (SSSR count). The monoisotopic (exact) mass is 472 g/mol. The minimum absolute atomic E-state index is 0. The highest BCUT2D eigenvalue weighted by molar-refractivity contribution is 14.0. The van der Waals surface area contributed by atoms with Crippen molar-refractivity contribution in [1.29, 1.82) is 0 Å². The van der Waals surface area contributed by atoms with Gasteiger partial charge in [-0.3, -0.25) is 19.5 Å². The molecule has 0 aromatic carbocycles. The van der Waals surface area contributed by atoms with E-state index in [-0.39, 0.29) is 59.5 Å². The van der Waals surface area contributed by atoms with E-state index in [1.807, 2.05) is 0 Å². The van der Waals surface area contributed by atoms with Crippen LogP contribution >= 0.6 is 24.0 Å². The van der Waals surface area contributed by atoms with E-state index in [4.69, 9.17) is 0 Å². The smallest absolute Gasteiger partial charge is 0.233 e. The number of hydrogen-bond donors (Lipinski definition) is 2. The number of carbonyl (C=O) groups is 2. The molecule has 4 aliphatic rings. The number of guanidine groups is 1. The number of amides is 2. The summed E-state index contributed by atoms with van der Waals surface area (Å²) in [7, 11) is 1.74. The van der Waals surface area contributed by atoms with E-state index in [9.17, 15) is 9.59 Å². The Morgan fingerprint density at radius 1 is 1.19 bits per heavy atom. The minimum atomic E-state index is -0.1000. The van der Waals surface area contributed by atoms with E-state index >= 15 is 0 Å². The summed E-state index contributed by atoms with van der Waals surface area (Å²) in [4.78, 5) is 30.9. The van der Waals surface area contributed by atoms with Gasteiger partial charge in [-0.05, 0) is 36.0 Å². The molecule has 26 heavy (non-hydrogen) atoms. The van der Waals surface area contributed by atoms with Gasteiger partial charge in [-0.1, -0.05) is 26.0 Å². The first-order valence-corrected chi connectivity index (χ1v) is 9.40. The second-order valence-electron chi connectivity index (χ2n) is 8.60. The Hall–Kier alpha value is -1.12. The van der Waals surface area contributed by atoms with E-state index < -0.39 is 0 Å². The number of nitrogens with zero attached hydrogens (tertiary/aromatic N) is 2. The predicted molar refractivity (Wildman–Crippen MR) is 111 cm³/mol. The Bertz CT molecular complexity index is 630. The van der Waals surface area contributed by atoms with Crippen molar-refractivity contribution in [2.24, 2.45) is 40.0 Å². The molecule has 3 fully saturated rings. The van der Waals surface area contributed by atoms with Crippen molar-refractivity contribution in [1.82, 2.24) is 15.5 Å². The van der Waals surface area contributed by atoms with Crippen LogP contribution in [-0.2, 0) is 9.59 Å². The highest BCUT2D eigenvalue weighted by atomic mass is 127. The molecule has 2 N–H and O–H groups in total. The number of hydrogen-bond acceptors (Lipinski definition) is 3. The Labute approximate surface area is 172 Å². The Morgan fingerprint density at radius 2 is 1.77 bits per heavy atom. The van der Waals surface area contributed by atoms with Crippen molar-refractivity contribution >= 4 is 41.8 Å². The molecule has 1 heterocycles. The average molecular weight is 472 g/mol. The van der Waals surface area contributed by atoms with Gasteiger partial charge in [0.1, 0.15) is 0 Å². The fraction of sp³-hybridized carbons (Fsp3) is 0.737. The van der Waals surface area contributed by atoms with Gasteiger partial charge in [0.15, 0.2) is 5.96 Å². The van der Waals surface area contributed by atoms with Crippen LogP contribution < -0.4 is 10.6 Å². The van der Waals surface area contributed by atoms with Crippen LogP contribution in [-0.4, -0.2) is 49.4 Å². The van der Waals surface area contributed by atoms with Crippen molar-refractivity contribution in [3.8, 4) is 0 Å². The summed E-state index contributed by atoms with van der Waals surface area (Å²) in [5, 5.41) is 6.57. The molecule has 0 aromatic heterocycles. The summed E-state index contributed by atoms with van der Waals surface area (Å²) in [6.45, 7) is 6.42. The highest BCUT2D eigenvalue weighted by Crippen LogP contribution is 2.52. The fourth-order valence-corrected chi connectivity index (χ4v) is 4.84. The van der Waals surface area contributed by atoms with Crippen LogP contribution in [0.3, 0.4) is 0 Å². The van der Waals surface area contributed by atoms with Crippen LogP contribution in [0.5, 0.6) is 0 Å². The van der Waals surface area contributed by atoms with Crippen LogP contribution in [0, 0.1) is 35.0 Å². The molecule has 5 unspecified atom stereocenters. The third-order valence-electron chi connectivity index (χ3n) is 6.65. The number of rotatable bonds is 5. The van der Waals surface area contributed by atoms with E-state index in [1.54, 1.807) is 7.05 Å². The lowest BCUT2D eigenvalue weighted by Gasteiger charge is -2.18. The molecule has 2 bridgehead atoms. The second kappa shape index (κ2) is 7.13. The number of fused-ring (bicyclic) bond motifs is 5. The molecule has 0 spiro atoms. The van der Waals surface area contributed by atoms with E-state index in [0.717, 1.165) is 18.9 Å². The highest BCUT2D eigenvalue weighted by Gasteiger charge is 2.58. The Balaban J connectivity index is 0.00000196. The number of nitrogens with one attached hydrogen (secondary N) is 2. The normalized spacial score (nSPS) is 36.2. The number of aliphatic imine (C=N–C) groups is 1. The zero-order chi connectivity index (χ0) is 17.8. The maximum absolute atomic E-state index is 12.6. The van der Waals surface area contributed by atoms with Gasteiger partial charge in [0, 0.05) is 26.7 Å². The summed E-state index contributed by atoms with van der Waals surface area (Å²) in [6, 6.07) is 0. The van der Waals surface area contributed by atoms with E-state index in [2.05, 4.69) is 41.6 Å². The third-order valence-corrected chi connectivity index (χ3v) is 6.65. The molecule has 3 aliphatic carbocycles. The zero-order valence-corrected chi connectivity index (χ0v) is 18.0. The molecule has 1 saturated heterocycles. The minimum Gasteiger partial charge on any atom is -0.356 e. The lowest BCUT2D eigenvalue weighted by Crippen LogP contribution is -2.44. The van der Waals surface area contributed by atoms with Crippen LogP contribution in [0.4, 0.5) is 0 Å². The van der Waals surface area contributed by atoms with Crippen molar-refractivity contribution in [3.05, 3.63) is 12.2 Å². The average Bonchev–Trinajstić information content (AvgIpc) is 2.96. The molecule has 144 valence electrons. The molecule has 2 saturated carbocycles. The Morgan fingerprint density at radius 3 is 2.27 bits per heavy atom. The summed E-state index contributed by atoms with van der Waals surface area (Å²) < 4.78 is 0. The molecule has 0 aromatic rings. The summed E-state index contributed by atoms with van der Waals surface area (Å²) in [6.07, 6.45) is 6.48. The predicted octanol–water partition coefficient (Wildman–Crippen LogP) is 1.62. The topological polar surface area (TPSA) is 73.8 Å². The number of halogens is 1. The van der Waals surface area contributed by atoms with Crippen molar-refractivity contribution in [3.63, 3.8) is 0 Å². The number of allylic oxidation sites excluding steroid dienone is 2. The molecule has 6 nitrogen and oxygen atoms in total. The first-order chi connectivity index (χ1) is 11.9. The van der Waals surface area contributed by atoms with Gasteiger partial charge in [0.2, 0.25) is 11.8 Å². The van der Waals surface area contributed by atoms with Gasteiger partial charge in [0.25, 0.3) is 0 Å². The summed E-state index contributed by atoms with van der Waals surface area (Å²) in [5.41, 5.74) is 0.436. The molecular formula is C19H29IN4O2. The molecule has 7 heteroatoms. The lowest BCUT2D eigenvalue weighted by atomic mass is 9.85.